The minimum atomic E-state index is -3.75. The maximum Gasteiger partial charge on any atom is 0.244 e. The van der Waals surface area contributed by atoms with Crippen LogP contribution in [0.4, 0.5) is 5.69 Å². The molecule has 4 rings (SSSR count). The molecule has 2 heterocycles. The Kier molecular flexibility index (Phi) is 7.54. The summed E-state index contributed by atoms with van der Waals surface area (Å²) in [5.74, 6) is -0.148. The second kappa shape index (κ2) is 10.6. The van der Waals surface area contributed by atoms with Crippen LogP contribution in [0, 0.1) is 17.2 Å². The Balaban J connectivity index is 1.33. The molecule has 8 heteroatoms. The fourth-order valence-electron chi connectivity index (χ4n) is 4.89. The highest BCUT2D eigenvalue weighted by Gasteiger charge is 2.34. The van der Waals surface area contributed by atoms with E-state index in [1.807, 2.05) is 13.1 Å². The molecule has 0 radical (unpaired) electrons. The van der Waals surface area contributed by atoms with Gasteiger partial charge in [0.25, 0.3) is 0 Å². The monoisotopic (exact) mass is 480 g/mol. The second-order valence-electron chi connectivity index (χ2n) is 9.19. The van der Waals surface area contributed by atoms with Gasteiger partial charge in [-0.2, -0.15) is 9.57 Å². The molecule has 0 spiro atoms. The summed E-state index contributed by atoms with van der Waals surface area (Å²) in [5, 5.41) is 9.27. The zero-order chi connectivity index (χ0) is 24.1. The van der Waals surface area contributed by atoms with Crippen LogP contribution >= 0.6 is 0 Å². The van der Waals surface area contributed by atoms with E-state index in [1.165, 1.54) is 41.4 Å². The van der Waals surface area contributed by atoms with Crippen molar-refractivity contribution >= 4 is 21.6 Å². The Morgan fingerprint density at radius 2 is 1.65 bits per heavy atom. The number of carbonyl (C=O) groups excluding carboxylic acids is 1. The molecule has 1 amide bonds. The van der Waals surface area contributed by atoms with E-state index in [4.69, 9.17) is 0 Å². The molecule has 0 saturated carbocycles. The lowest BCUT2D eigenvalue weighted by Crippen LogP contribution is -2.43. The van der Waals surface area contributed by atoms with Gasteiger partial charge in [0.2, 0.25) is 15.9 Å². The number of hydrogen-bond acceptors (Lipinski definition) is 5. The van der Waals surface area contributed by atoms with Gasteiger partial charge in [0, 0.05) is 51.4 Å². The van der Waals surface area contributed by atoms with Gasteiger partial charge in [0.05, 0.1) is 10.5 Å². The van der Waals surface area contributed by atoms with Crippen molar-refractivity contribution in [2.45, 2.75) is 43.5 Å². The molecule has 2 aromatic rings. The number of carbonyl (C=O) groups is 1. The molecule has 0 N–H and O–H groups in total. The Hall–Kier alpha value is -2.89. The van der Waals surface area contributed by atoms with E-state index in [0.717, 1.165) is 18.7 Å². The van der Waals surface area contributed by atoms with Gasteiger partial charge in [-0.1, -0.05) is 24.3 Å². The van der Waals surface area contributed by atoms with E-state index in [9.17, 15) is 18.5 Å². The topological polar surface area (TPSA) is 84.7 Å². The summed E-state index contributed by atoms with van der Waals surface area (Å²) in [4.78, 5) is 17.2. The van der Waals surface area contributed by atoms with Crippen LogP contribution in [0.3, 0.4) is 0 Å². The number of anilines is 1. The van der Waals surface area contributed by atoms with Crippen LogP contribution in [0.15, 0.2) is 53.4 Å². The van der Waals surface area contributed by atoms with E-state index in [0.29, 0.717) is 19.4 Å². The highest BCUT2D eigenvalue weighted by atomic mass is 32.2. The van der Waals surface area contributed by atoms with Crippen molar-refractivity contribution in [2.24, 2.45) is 5.92 Å². The number of nitriles is 1. The molecule has 2 fully saturated rings. The van der Waals surface area contributed by atoms with Crippen molar-refractivity contribution < 1.29 is 13.2 Å². The van der Waals surface area contributed by atoms with Crippen molar-refractivity contribution in [3.63, 3.8) is 0 Å². The van der Waals surface area contributed by atoms with Gasteiger partial charge >= 0.3 is 0 Å². The quantitative estimate of drug-likeness (QED) is 0.631. The molecule has 34 heavy (non-hydrogen) atoms. The maximum atomic E-state index is 13.1. The molecule has 0 bridgehead atoms. The molecule has 7 nitrogen and oxygen atoms in total. The number of hydrogen-bond donors (Lipinski definition) is 0. The predicted octanol–water partition coefficient (Wildman–Crippen LogP) is 3.61. The van der Waals surface area contributed by atoms with Crippen LogP contribution in [-0.2, 0) is 21.4 Å². The maximum absolute atomic E-state index is 13.1. The SMILES string of the molecule is CN(Cc1ccc(N2CCCCC2)cc1)C(=O)C1CCN(S(=O)(=O)c2ccccc2C#N)CC1. The summed E-state index contributed by atoms with van der Waals surface area (Å²) in [6.45, 7) is 3.30. The van der Waals surface area contributed by atoms with Crippen LogP contribution in [0.2, 0.25) is 0 Å². The first kappa shape index (κ1) is 24.2. The molecule has 0 aromatic heterocycles. The third-order valence-corrected chi connectivity index (χ3v) is 8.84. The lowest BCUT2D eigenvalue weighted by atomic mass is 9.96. The zero-order valence-corrected chi connectivity index (χ0v) is 20.5. The first-order valence-electron chi connectivity index (χ1n) is 12.0. The van der Waals surface area contributed by atoms with Gasteiger partial charge in [0.15, 0.2) is 0 Å². The lowest BCUT2D eigenvalue weighted by Gasteiger charge is -2.32. The van der Waals surface area contributed by atoms with Gasteiger partial charge in [-0.15, -0.1) is 0 Å². The molecular weight excluding hydrogens is 448 g/mol. The number of benzene rings is 2. The van der Waals surface area contributed by atoms with Crippen molar-refractivity contribution in [2.75, 3.05) is 38.1 Å². The highest BCUT2D eigenvalue weighted by molar-refractivity contribution is 7.89. The molecule has 2 aromatic carbocycles. The molecule has 2 aliphatic rings. The van der Waals surface area contributed by atoms with E-state index in [-0.39, 0.29) is 35.4 Å². The molecule has 0 unspecified atom stereocenters. The van der Waals surface area contributed by atoms with E-state index in [2.05, 4.69) is 29.2 Å². The number of nitrogens with zero attached hydrogens (tertiary/aromatic N) is 4. The molecule has 180 valence electrons. The van der Waals surface area contributed by atoms with Crippen molar-refractivity contribution in [3.05, 3.63) is 59.7 Å². The van der Waals surface area contributed by atoms with Crippen LogP contribution < -0.4 is 4.90 Å². The Labute approximate surface area is 202 Å². The minimum absolute atomic E-state index is 0.0346. The third-order valence-electron chi connectivity index (χ3n) is 6.88. The number of piperidine rings is 2. The minimum Gasteiger partial charge on any atom is -0.372 e. The van der Waals surface area contributed by atoms with Gasteiger partial charge in [-0.3, -0.25) is 4.79 Å². The predicted molar refractivity (Wildman–Crippen MR) is 132 cm³/mol. The highest BCUT2D eigenvalue weighted by Crippen LogP contribution is 2.27. The molecular formula is C26H32N4O3S. The summed E-state index contributed by atoms with van der Waals surface area (Å²) < 4.78 is 27.5. The largest absolute Gasteiger partial charge is 0.372 e. The smallest absolute Gasteiger partial charge is 0.244 e. The van der Waals surface area contributed by atoms with Crippen LogP contribution in [0.25, 0.3) is 0 Å². The summed E-state index contributed by atoms with van der Waals surface area (Å²) >= 11 is 0. The van der Waals surface area contributed by atoms with Gasteiger partial charge in [0.1, 0.15) is 6.07 Å². The zero-order valence-electron chi connectivity index (χ0n) is 19.7. The first-order valence-corrected chi connectivity index (χ1v) is 13.4. The van der Waals surface area contributed by atoms with Crippen molar-refractivity contribution in [1.82, 2.24) is 9.21 Å². The average molecular weight is 481 g/mol. The Bertz CT molecular complexity index is 1140. The van der Waals surface area contributed by atoms with Crippen LogP contribution in [0.5, 0.6) is 0 Å². The summed E-state index contributed by atoms with van der Waals surface area (Å²) in [7, 11) is -1.94. The molecule has 0 atom stereocenters. The van der Waals surface area contributed by atoms with Crippen molar-refractivity contribution in [1.29, 1.82) is 5.26 Å². The molecule has 0 aliphatic carbocycles. The fourth-order valence-corrected chi connectivity index (χ4v) is 6.51. The summed E-state index contributed by atoms with van der Waals surface area (Å²) in [5.41, 5.74) is 2.47. The van der Waals surface area contributed by atoms with Crippen molar-refractivity contribution in [3.8, 4) is 6.07 Å². The van der Waals surface area contributed by atoms with E-state index in [1.54, 1.807) is 17.0 Å². The molecule has 2 saturated heterocycles. The number of amides is 1. The van der Waals surface area contributed by atoms with Crippen LogP contribution in [-0.4, -0.2) is 56.8 Å². The fraction of sp³-hybridized carbons (Fsp3) is 0.462. The van der Waals surface area contributed by atoms with Gasteiger partial charge in [-0.05, 0) is 61.9 Å². The van der Waals surface area contributed by atoms with E-state index >= 15 is 0 Å². The lowest BCUT2D eigenvalue weighted by molar-refractivity contribution is -0.135. The van der Waals surface area contributed by atoms with Gasteiger partial charge in [-0.25, -0.2) is 8.42 Å². The Morgan fingerprint density at radius 3 is 2.29 bits per heavy atom. The number of sulfonamides is 1. The average Bonchev–Trinajstić information content (AvgIpc) is 2.89. The second-order valence-corrected chi connectivity index (χ2v) is 11.1. The third kappa shape index (κ3) is 5.26. The van der Waals surface area contributed by atoms with Crippen LogP contribution in [0.1, 0.15) is 43.2 Å². The first-order chi connectivity index (χ1) is 16.4. The summed E-state index contributed by atoms with van der Waals surface area (Å²) in [6.07, 6.45) is 4.74. The van der Waals surface area contributed by atoms with Gasteiger partial charge < -0.3 is 9.80 Å². The normalized spacial score (nSPS) is 17.8. The Morgan fingerprint density at radius 1 is 1.00 bits per heavy atom. The standard InChI is InChI=1S/C26H32N4O3S/c1-28(20-21-9-11-24(12-10-21)29-15-5-2-6-16-29)26(31)22-13-17-30(18-14-22)34(32,33)25-8-4-3-7-23(25)19-27/h3-4,7-12,22H,2,5-6,13-18,20H2,1H3. The number of rotatable bonds is 6. The molecule has 2 aliphatic heterocycles. The van der Waals surface area contributed by atoms with E-state index < -0.39 is 10.0 Å². The summed E-state index contributed by atoms with van der Waals surface area (Å²) in [6, 6.07) is 16.7.